The molecule has 0 aliphatic carbocycles. The molecule has 1 amide bonds. The Labute approximate surface area is 141 Å². The van der Waals surface area contributed by atoms with Gasteiger partial charge >= 0.3 is 0 Å². The molecule has 24 heavy (non-hydrogen) atoms. The Hall–Kier alpha value is -2.37. The summed E-state index contributed by atoms with van der Waals surface area (Å²) in [7, 11) is 0. The van der Waals surface area contributed by atoms with Gasteiger partial charge in [-0.2, -0.15) is 0 Å². The van der Waals surface area contributed by atoms with Crippen LogP contribution < -0.4 is 4.74 Å². The molecule has 0 unspecified atom stereocenters. The van der Waals surface area contributed by atoms with Gasteiger partial charge in [-0.15, -0.1) is 0 Å². The molecule has 0 spiro atoms. The predicted molar refractivity (Wildman–Crippen MR) is 88.8 cm³/mol. The highest BCUT2D eigenvalue weighted by Gasteiger charge is 2.24. The van der Waals surface area contributed by atoms with E-state index >= 15 is 0 Å². The van der Waals surface area contributed by atoms with Gasteiger partial charge in [0.1, 0.15) is 17.6 Å². The Balaban J connectivity index is 1.45. The Bertz CT molecular complexity index is 657. The number of nitrogens with zero attached hydrogens (tertiary/aromatic N) is 3. The lowest BCUT2D eigenvalue weighted by molar-refractivity contribution is -0.132. The minimum atomic E-state index is 0.154. The van der Waals surface area contributed by atoms with E-state index in [1.807, 2.05) is 30.9 Å². The molecule has 0 N–H and O–H groups in total. The topological polar surface area (TPSA) is 68.5 Å². The molecule has 0 aromatic carbocycles. The Morgan fingerprint density at radius 1 is 1.38 bits per heavy atom. The van der Waals surface area contributed by atoms with Crippen molar-refractivity contribution < 1.29 is 14.1 Å². The third-order valence-corrected chi connectivity index (χ3v) is 4.50. The SMILES string of the molecule is Cc1noc(C)c1CCC(=O)N1CCC(Oc2cccnc2)CC1. The third-order valence-electron chi connectivity index (χ3n) is 4.50. The van der Waals surface area contributed by atoms with Crippen LogP contribution in [0.25, 0.3) is 0 Å². The van der Waals surface area contributed by atoms with Gasteiger partial charge in [-0.25, -0.2) is 0 Å². The lowest BCUT2D eigenvalue weighted by Gasteiger charge is -2.32. The zero-order chi connectivity index (χ0) is 16.9. The molecule has 1 fully saturated rings. The first kappa shape index (κ1) is 16.5. The number of pyridine rings is 1. The molecule has 2 aromatic rings. The van der Waals surface area contributed by atoms with Crippen molar-refractivity contribution in [1.29, 1.82) is 0 Å². The zero-order valence-electron chi connectivity index (χ0n) is 14.2. The van der Waals surface area contributed by atoms with E-state index < -0.39 is 0 Å². The number of ether oxygens (including phenoxy) is 1. The number of carbonyl (C=O) groups excluding carboxylic acids is 1. The highest BCUT2D eigenvalue weighted by molar-refractivity contribution is 5.76. The molecule has 3 heterocycles. The first-order valence-corrected chi connectivity index (χ1v) is 8.39. The normalized spacial score (nSPS) is 15.5. The van der Waals surface area contributed by atoms with E-state index in [-0.39, 0.29) is 12.0 Å². The van der Waals surface area contributed by atoms with Crippen LogP contribution in [0.3, 0.4) is 0 Å². The van der Waals surface area contributed by atoms with Crippen molar-refractivity contribution in [2.24, 2.45) is 0 Å². The lowest BCUT2D eigenvalue weighted by Crippen LogP contribution is -2.41. The number of hydrogen-bond donors (Lipinski definition) is 0. The maximum absolute atomic E-state index is 12.4. The summed E-state index contributed by atoms with van der Waals surface area (Å²) in [5, 5.41) is 3.93. The fourth-order valence-corrected chi connectivity index (χ4v) is 3.08. The molecule has 0 atom stereocenters. The maximum Gasteiger partial charge on any atom is 0.222 e. The van der Waals surface area contributed by atoms with Gasteiger partial charge in [0.05, 0.1) is 11.9 Å². The molecule has 3 rings (SSSR count). The van der Waals surface area contributed by atoms with Gasteiger partial charge < -0.3 is 14.2 Å². The van der Waals surface area contributed by atoms with E-state index in [0.717, 1.165) is 48.7 Å². The monoisotopic (exact) mass is 329 g/mol. The van der Waals surface area contributed by atoms with Crippen LogP contribution in [0.5, 0.6) is 5.75 Å². The summed E-state index contributed by atoms with van der Waals surface area (Å²) in [6, 6.07) is 3.77. The van der Waals surface area contributed by atoms with Crippen LogP contribution in [-0.4, -0.2) is 40.1 Å². The van der Waals surface area contributed by atoms with Crippen LogP contribution in [0.4, 0.5) is 0 Å². The van der Waals surface area contributed by atoms with Gasteiger partial charge in [-0.3, -0.25) is 9.78 Å². The molecule has 6 heteroatoms. The van der Waals surface area contributed by atoms with Crippen molar-refractivity contribution >= 4 is 5.91 Å². The number of rotatable bonds is 5. The predicted octanol–water partition coefficient (Wildman–Crippen LogP) is 2.69. The second-order valence-corrected chi connectivity index (χ2v) is 6.19. The van der Waals surface area contributed by atoms with Gasteiger partial charge in [0.25, 0.3) is 0 Å². The first-order valence-electron chi connectivity index (χ1n) is 8.39. The average molecular weight is 329 g/mol. The van der Waals surface area contributed by atoms with E-state index in [0.29, 0.717) is 12.8 Å². The second kappa shape index (κ2) is 7.47. The molecular formula is C18H23N3O3. The minimum Gasteiger partial charge on any atom is -0.489 e. The summed E-state index contributed by atoms with van der Waals surface area (Å²) in [4.78, 5) is 18.4. The molecule has 2 aromatic heterocycles. The number of piperidine rings is 1. The number of carbonyl (C=O) groups is 1. The van der Waals surface area contributed by atoms with Crippen LogP contribution in [0, 0.1) is 13.8 Å². The van der Waals surface area contributed by atoms with Gasteiger partial charge in [-0.1, -0.05) is 5.16 Å². The molecule has 1 saturated heterocycles. The molecule has 1 aliphatic heterocycles. The number of aryl methyl sites for hydroxylation is 2. The van der Waals surface area contributed by atoms with Crippen LogP contribution >= 0.6 is 0 Å². The van der Waals surface area contributed by atoms with Crippen molar-refractivity contribution in [1.82, 2.24) is 15.0 Å². The van der Waals surface area contributed by atoms with Crippen molar-refractivity contribution in [3.8, 4) is 5.75 Å². The Kier molecular flexibility index (Phi) is 5.13. The lowest BCUT2D eigenvalue weighted by atomic mass is 10.0. The minimum absolute atomic E-state index is 0.154. The Morgan fingerprint density at radius 3 is 2.79 bits per heavy atom. The van der Waals surface area contributed by atoms with E-state index in [1.165, 1.54) is 0 Å². The standard InChI is InChI=1S/C18H23N3O3/c1-13-17(14(2)24-20-13)5-6-18(22)21-10-7-15(8-11-21)23-16-4-3-9-19-12-16/h3-4,9,12,15H,5-8,10-11H2,1-2H3. The van der Waals surface area contributed by atoms with Crippen LogP contribution in [0.2, 0.25) is 0 Å². The molecule has 128 valence electrons. The molecule has 1 aliphatic rings. The summed E-state index contributed by atoms with van der Waals surface area (Å²) in [5.41, 5.74) is 1.93. The fraction of sp³-hybridized carbons (Fsp3) is 0.500. The molecule has 6 nitrogen and oxygen atoms in total. The van der Waals surface area contributed by atoms with E-state index in [1.54, 1.807) is 12.4 Å². The van der Waals surface area contributed by atoms with Gasteiger partial charge in [0, 0.05) is 44.1 Å². The van der Waals surface area contributed by atoms with Crippen molar-refractivity contribution in [3.63, 3.8) is 0 Å². The van der Waals surface area contributed by atoms with Crippen molar-refractivity contribution in [2.45, 2.75) is 45.6 Å². The van der Waals surface area contributed by atoms with Gasteiger partial charge in [0.2, 0.25) is 5.91 Å². The third kappa shape index (κ3) is 3.93. The quantitative estimate of drug-likeness (QED) is 0.843. The maximum atomic E-state index is 12.4. The smallest absolute Gasteiger partial charge is 0.222 e. The highest BCUT2D eigenvalue weighted by Crippen LogP contribution is 2.20. The summed E-state index contributed by atoms with van der Waals surface area (Å²) in [5.74, 6) is 1.79. The summed E-state index contributed by atoms with van der Waals surface area (Å²) in [6.45, 7) is 5.29. The van der Waals surface area contributed by atoms with Crippen LogP contribution in [0.15, 0.2) is 29.0 Å². The first-order chi connectivity index (χ1) is 11.6. The number of likely N-dealkylation sites (tertiary alicyclic amines) is 1. The van der Waals surface area contributed by atoms with E-state index in [9.17, 15) is 4.79 Å². The molecule has 0 saturated carbocycles. The number of amides is 1. The summed E-state index contributed by atoms with van der Waals surface area (Å²) in [6.07, 6.45) is 6.50. The summed E-state index contributed by atoms with van der Waals surface area (Å²) >= 11 is 0. The average Bonchev–Trinajstić information content (AvgIpc) is 2.92. The fourth-order valence-electron chi connectivity index (χ4n) is 3.08. The van der Waals surface area contributed by atoms with E-state index in [4.69, 9.17) is 9.26 Å². The van der Waals surface area contributed by atoms with Crippen molar-refractivity contribution in [3.05, 3.63) is 41.5 Å². The van der Waals surface area contributed by atoms with Gasteiger partial charge in [0.15, 0.2) is 0 Å². The molecule has 0 radical (unpaired) electrons. The zero-order valence-corrected chi connectivity index (χ0v) is 14.2. The second-order valence-electron chi connectivity index (χ2n) is 6.19. The van der Waals surface area contributed by atoms with Crippen LogP contribution in [0.1, 0.15) is 36.3 Å². The highest BCUT2D eigenvalue weighted by atomic mass is 16.5. The Morgan fingerprint density at radius 2 is 2.17 bits per heavy atom. The molecule has 0 bridgehead atoms. The number of hydrogen-bond acceptors (Lipinski definition) is 5. The van der Waals surface area contributed by atoms with Crippen molar-refractivity contribution in [2.75, 3.05) is 13.1 Å². The molecular weight excluding hydrogens is 306 g/mol. The van der Waals surface area contributed by atoms with Crippen LogP contribution in [-0.2, 0) is 11.2 Å². The summed E-state index contributed by atoms with van der Waals surface area (Å²) < 4.78 is 11.1. The number of aromatic nitrogens is 2. The van der Waals surface area contributed by atoms with Gasteiger partial charge in [-0.05, 0) is 32.4 Å². The largest absolute Gasteiger partial charge is 0.489 e. The van der Waals surface area contributed by atoms with E-state index in [2.05, 4.69) is 10.1 Å².